The van der Waals surface area contributed by atoms with Crippen LogP contribution in [-0.4, -0.2) is 54.1 Å². The predicted molar refractivity (Wildman–Crippen MR) is 73.2 cm³/mol. The minimum atomic E-state index is -0.342. The average molecular weight is 253 g/mol. The Kier molecular flexibility index (Phi) is 3.97. The largest absolute Gasteiger partial charge is 0.326 e. The lowest BCUT2D eigenvalue weighted by molar-refractivity contribution is -0.133. The van der Waals surface area contributed by atoms with Crippen molar-refractivity contribution >= 4 is 5.91 Å². The maximum absolute atomic E-state index is 12.5. The van der Waals surface area contributed by atoms with Gasteiger partial charge in [0.25, 0.3) is 0 Å². The van der Waals surface area contributed by atoms with Crippen LogP contribution >= 0.6 is 0 Å². The minimum Gasteiger partial charge on any atom is -0.326 e. The number of amides is 1. The second-order valence-corrected chi connectivity index (χ2v) is 6.21. The highest BCUT2D eigenvalue weighted by Crippen LogP contribution is 2.26. The normalized spacial score (nSPS) is 35.4. The molecule has 4 nitrogen and oxygen atoms in total. The Bertz CT molecular complexity index is 312. The maximum Gasteiger partial charge on any atom is 0.243 e. The zero-order valence-corrected chi connectivity index (χ0v) is 12.2. The molecule has 1 N–H and O–H groups in total. The monoisotopic (exact) mass is 253 g/mol. The molecule has 2 aliphatic rings. The number of hydrogen-bond acceptors (Lipinski definition) is 3. The van der Waals surface area contributed by atoms with Gasteiger partial charge in [0.2, 0.25) is 5.91 Å². The third kappa shape index (κ3) is 2.54. The Labute approximate surface area is 111 Å². The molecule has 0 radical (unpaired) electrons. The topological polar surface area (TPSA) is 35.6 Å². The summed E-state index contributed by atoms with van der Waals surface area (Å²) in [5.74, 6) is 0.963. The van der Waals surface area contributed by atoms with Gasteiger partial charge in [-0.3, -0.25) is 10.1 Å². The minimum absolute atomic E-state index is 0.183. The van der Waals surface area contributed by atoms with Crippen LogP contribution in [0.5, 0.6) is 0 Å². The molecular weight excluding hydrogens is 226 g/mol. The number of nitrogens with zero attached hydrogens (tertiary/aromatic N) is 2. The molecule has 0 aromatic rings. The molecule has 2 unspecified atom stereocenters. The summed E-state index contributed by atoms with van der Waals surface area (Å²) < 4.78 is 0. The van der Waals surface area contributed by atoms with Crippen molar-refractivity contribution in [1.29, 1.82) is 0 Å². The van der Waals surface area contributed by atoms with Crippen molar-refractivity contribution in [2.24, 2.45) is 5.92 Å². The Morgan fingerprint density at radius 1 is 1.39 bits per heavy atom. The van der Waals surface area contributed by atoms with Crippen LogP contribution in [0, 0.1) is 5.92 Å². The third-order valence-corrected chi connectivity index (χ3v) is 4.73. The molecule has 2 saturated heterocycles. The first-order valence-electron chi connectivity index (χ1n) is 7.23. The van der Waals surface area contributed by atoms with Crippen LogP contribution in [0.4, 0.5) is 0 Å². The number of rotatable bonds is 3. The lowest BCUT2D eigenvalue weighted by atomic mass is 9.95. The van der Waals surface area contributed by atoms with Gasteiger partial charge in [0.15, 0.2) is 0 Å². The summed E-state index contributed by atoms with van der Waals surface area (Å²) in [6.45, 7) is 9.47. The Morgan fingerprint density at radius 3 is 2.50 bits per heavy atom. The van der Waals surface area contributed by atoms with E-state index in [1.165, 1.54) is 25.9 Å². The first kappa shape index (κ1) is 13.8. The maximum atomic E-state index is 12.5. The molecule has 2 heterocycles. The van der Waals surface area contributed by atoms with E-state index < -0.39 is 0 Å². The highest BCUT2D eigenvalue weighted by atomic mass is 16.2. The van der Waals surface area contributed by atoms with Gasteiger partial charge in [-0.15, -0.1) is 0 Å². The van der Waals surface area contributed by atoms with Gasteiger partial charge in [-0.2, -0.15) is 0 Å². The fourth-order valence-corrected chi connectivity index (χ4v) is 3.11. The molecule has 0 spiro atoms. The first-order chi connectivity index (χ1) is 8.46. The number of nitrogens with one attached hydrogen (secondary N) is 1. The van der Waals surface area contributed by atoms with Crippen LogP contribution < -0.4 is 5.32 Å². The van der Waals surface area contributed by atoms with E-state index in [4.69, 9.17) is 0 Å². The van der Waals surface area contributed by atoms with Gasteiger partial charge in [-0.1, -0.05) is 6.92 Å². The van der Waals surface area contributed by atoms with E-state index in [-0.39, 0.29) is 17.6 Å². The van der Waals surface area contributed by atoms with Crippen LogP contribution in [0.25, 0.3) is 0 Å². The first-order valence-corrected chi connectivity index (χ1v) is 7.23. The summed E-state index contributed by atoms with van der Waals surface area (Å²) in [5.41, 5.74) is -0.342. The zero-order valence-electron chi connectivity index (χ0n) is 12.2. The molecule has 2 fully saturated rings. The Balaban J connectivity index is 1.95. The molecule has 0 aliphatic carbocycles. The number of piperidine rings is 1. The molecule has 18 heavy (non-hydrogen) atoms. The Morgan fingerprint density at radius 2 is 2.00 bits per heavy atom. The smallest absolute Gasteiger partial charge is 0.243 e. The van der Waals surface area contributed by atoms with E-state index in [1.807, 2.05) is 6.92 Å². The molecular formula is C14H27N3O. The zero-order chi connectivity index (χ0) is 13.3. The standard InChI is InChI=1S/C14H27N3O/c1-5-14(3)13(18)17(11(2)15-14)10-12-6-8-16(4)9-7-12/h11-12,15H,5-10H2,1-4H3. The molecule has 104 valence electrons. The highest BCUT2D eigenvalue weighted by molar-refractivity contribution is 5.88. The van der Waals surface area contributed by atoms with Gasteiger partial charge in [-0.25, -0.2) is 0 Å². The second kappa shape index (κ2) is 5.17. The van der Waals surface area contributed by atoms with Crippen molar-refractivity contribution in [3.05, 3.63) is 0 Å². The second-order valence-electron chi connectivity index (χ2n) is 6.21. The summed E-state index contributed by atoms with van der Waals surface area (Å²) in [6, 6.07) is 0. The van der Waals surface area contributed by atoms with E-state index in [2.05, 4.69) is 36.0 Å². The average Bonchev–Trinajstić information content (AvgIpc) is 2.56. The number of likely N-dealkylation sites (tertiary alicyclic amines) is 1. The van der Waals surface area contributed by atoms with Crippen molar-refractivity contribution in [2.45, 2.75) is 51.7 Å². The molecule has 1 amide bonds. The highest BCUT2D eigenvalue weighted by Gasteiger charge is 2.45. The summed E-state index contributed by atoms with van der Waals surface area (Å²) in [7, 11) is 2.18. The van der Waals surface area contributed by atoms with Crippen molar-refractivity contribution in [3.63, 3.8) is 0 Å². The van der Waals surface area contributed by atoms with E-state index >= 15 is 0 Å². The van der Waals surface area contributed by atoms with E-state index in [0.29, 0.717) is 5.92 Å². The lowest BCUT2D eigenvalue weighted by Crippen LogP contribution is -2.44. The summed E-state index contributed by atoms with van der Waals surface area (Å²) in [5, 5.41) is 3.44. The fraction of sp³-hybridized carbons (Fsp3) is 0.929. The molecule has 0 aromatic heterocycles. The van der Waals surface area contributed by atoms with Crippen LogP contribution in [0.2, 0.25) is 0 Å². The summed E-state index contributed by atoms with van der Waals surface area (Å²) >= 11 is 0. The third-order valence-electron chi connectivity index (χ3n) is 4.73. The van der Waals surface area contributed by atoms with E-state index in [0.717, 1.165) is 13.0 Å². The quantitative estimate of drug-likeness (QED) is 0.823. The van der Waals surface area contributed by atoms with Crippen LogP contribution in [0.1, 0.15) is 40.0 Å². The van der Waals surface area contributed by atoms with Gasteiger partial charge in [0.1, 0.15) is 0 Å². The SMILES string of the molecule is CCC1(C)NC(C)N(CC2CCN(C)CC2)C1=O. The van der Waals surface area contributed by atoms with Crippen LogP contribution in [0.15, 0.2) is 0 Å². The van der Waals surface area contributed by atoms with Gasteiger partial charge in [0, 0.05) is 6.54 Å². The van der Waals surface area contributed by atoms with Crippen molar-refractivity contribution in [2.75, 3.05) is 26.7 Å². The van der Waals surface area contributed by atoms with Gasteiger partial charge in [-0.05, 0) is 59.2 Å². The Hall–Kier alpha value is -0.610. The van der Waals surface area contributed by atoms with Crippen molar-refractivity contribution < 1.29 is 4.79 Å². The molecule has 2 aliphatic heterocycles. The van der Waals surface area contributed by atoms with Gasteiger partial charge in [0.05, 0.1) is 11.7 Å². The molecule has 4 heteroatoms. The van der Waals surface area contributed by atoms with Crippen molar-refractivity contribution in [1.82, 2.24) is 15.1 Å². The lowest BCUT2D eigenvalue weighted by Gasteiger charge is -2.33. The van der Waals surface area contributed by atoms with Crippen molar-refractivity contribution in [3.8, 4) is 0 Å². The van der Waals surface area contributed by atoms with Gasteiger partial charge >= 0.3 is 0 Å². The molecule has 2 atom stereocenters. The van der Waals surface area contributed by atoms with Gasteiger partial charge < -0.3 is 9.80 Å². The fourth-order valence-electron chi connectivity index (χ4n) is 3.11. The molecule has 0 bridgehead atoms. The molecule has 0 aromatic carbocycles. The number of carbonyl (C=O) groups excluding carboxylic acids is 1. The number of carbonyl (C=O) groups is 1. The number of hydrogen-bond donors (Lipinski definition) is 1. The molecule has 0 saturated carbocycles. The predicted octanol–water partition coefficient (Wildman–Crippen LogP) is 1.27. The summed E-state index contributed by atoms with van der Waals surface area (Å²) in [4.78, 5) is 16.9. The van der Waals surface area contributed by atoms with Crippen LogP contribution in [0.3, 0.4) is 0 Å². The summed E-state index contributed by atoms with van der Waals surface area (Å²) in [6.07, 6.45) is 3.48. The van der Waals surface area contributed by atoms with E-state index in [9.17, 15) is 4.79 Å². The van der Waals surface area contributed by atoms with E-state index in [1.54, 1.807) is 0 Å². The molecule has 2 rings (SSSR count). The van der Waals surface area contributed by atoms with Crippen LogP contribution in [-0.2, 0) is 4.79 Å².